The zero-order chi connectivity index (χ0) is 13.0. The summed E-state index contributed by atoms with van der Waals surface area (Å²) in [5, 5.41) is 13.6. The molecule has 0 saturated carbocycles. The second kappa shape index (κ2) is 5.59. The van der Waals surface area contributed by atoms with Crippen LogP contribution in [0, 0.1) is 0 Å². The molecule has 1 aliphatic heterocycles. The van der Waals surface area contributed by atoms with Gasteiger partial charge in [-0.05, 0) is 31.2 Å². The average Bonchev–Trinajstić information content (AvgIpc) is 2.60. The minimum absolute atomic E-state index is 0.517. The molecule has 1 heterocycles. The Morgan fingerprint density at radius 3 is 2.72 bits per heavy atom. The number of likely N-dealkylation sites (N-methyl/N-ethyl adjacent to an activating group) is 1. The molecular formula is C14H21NO3. The van der Waals surface area contributed by atoms with E-state index in [1.54, 1.807) is 6.92 Å². The number of hydrogen-bond donors (Lipinski definition) is 2. The van der Waals surface area contributed by atoms with Gasteiger partial charge in [-0.15, -0.1) is 0 Å². The molecule has 1 aromatic carbocycles. The molecule has 100 valence electrons. The summed E-state index contributed by atoms with van der Waals surface area (Å²) in [4.78, 5) is 0. The third-order valence-corrected chi connectivity index (χ3v) is 3.09. The summed E-state index contributed by atoms with van der Waals surface area (Å²) < 4.78 is 11.2. The molecule has 0 bridgehead atoms. The van der Waals surface area contributed by atoms with Gasteiger partial charge in [-0.25, -0.2) is 0 Å². The van der Waals surface area contributed by atoms with Gasteiger partial charge in [0.1, 0.15) is 0 Å². The Bertz CT molecular complexity index is 404. The van der Waals surface area contributed by atoms with Gasteiger partial charge in [0.25, 0.3) is 0 Å². The van der Waals surface area contributed by atoms with Crippen LogP contribution in [0.1, 0.15) is 25.8 Å². The van der Waals surface area contributed by atoms with Crippen molar-refractivity contribution < 1.29 is 14.6 Å². The summed E-state index contributed by atoms with van der Waals surface area (Å²) in [7, 11) is 0. The first kappa shape index (κ1) is 13.2. The largest absolute Gasteiger partial charge is 0.490 e. The van der Waals surface area contributed by atoms with Crippen LogP contribution in [0.5, 0.6) is 11.5 Å². The third-order valence-electron chi connectivity index (χ3n) is 3.09. The van der Waals surface area contributed by atoms with Crippen molar-refractivity contribution in [3.63, 3.8) is 0 Å². The van der Waals surface area contributed by atoms with Gasteiger partial charge in [-0.2, -0.15) is 0 Å². The SMILES string of the molecule is CCNCC(C)(O)c1ccc2c(c1)OCCCO2. The lowest BCUT2D eigenvalue weighted by molar-refractivity contribution is 0.0573. The van der Waals surface area contributed by atoms with Gasteiger partial charge in [0.05, 0.1) is 18.8 Å². The lowest BCUT2D eigenvalue weighted by atomic mass is 9.95. The van der Waals surface area contributed by atoms with E-state index in [1.165, 1.54) is 0 Å². The summed E-state index contributed by atoms with van der Waals surface area (Å²) in [5.74, 6) is 1.48. The van der Waals surface area contributed by atoms with E-state index in [0.29, 0.717) is 19.8 Å². The molecule has 0 aliphatic carbocycles. The number of nitrogens with one attached hydrogen (secondary N) is 1. The molecular weight excluding hydrogens is 230 g/mol. The van der Waals surface area contributed by atoms with Gasteiger partial charge in [0.2, 0.25) is 0 Å². The van der Waals surface area contributed by atoms with Crippen molar-refractivity contribution in [1.29, 1.82) is 0 Å². The van der Waals surface area contributed by atoms with E-state index in [2.05, 4.69) is 5.32 Å². The minimum atomic E-state index is -0.902. The van der Waals surface area contributed by atoms with Gasteiger partial charge in [-0.3, -0.25) is 0 Å². The topological polar surface area (TPSA) is 50.7 Å². The van der Waals surface area contributed by atoms with Crippen LogP contribution >= 0.6 is 0 Å². The fourth-order valence-corrected chi connectivity index (χ4v) is 1.97. The highest BCUT2D eigenvalue weighted by Crippen LogP contribution is 2.33. The van der Waals surface area contributed by atoms with Crippen LogP contribution < -0.4 is 14.8 Å². The van der Waals surface area contributed by atoms with Crippen molar-refractivity contribution in [1.82, 2.24) is 5.32 Å². The normalized spacial score (nSPS) is 17.9. The zero-order valence-corrected chi connectivity index (χ0v) is 11.0. The molecule has 0 spiro atoms. The number of aliphatic hydroxyl groups is 1. The Morgan fingerprint density at radius 1 is 1.28 bits per heavy atom. The fourth-order valence-electron chi connectivity index (χ4n) is 1.97. The molecule has 18 heavy (non-hydrogen) atoms. The van der Waals surface area contributed by atoms with Crippen LogP contribution in [0.25, 0.3) is 0 Å². The van der Waals surface area contributed by atoms with Crippen molar-refractivity contribution >= 4 is 0 Å². The van der Waals surface area contributed by atoms with E-state index in [9.17, 15) is 5.11 Å². The maximum atomic E-state index is 10.4. The molecule has 2 rings (SSSR count). The average molecular weight is 251 g/mol. The molecule has 0 aromatic heterocycles. The third kappa shape index (κ3) is 2.94. The van der Waals surface area contributed by atoms with E-state index in [1.807, 2.05) is 25.1 Å². The highest BCUT2D eigenvalue weighted by atomic mass is 16.5. The second-order valence-electron chi connectivity index (χ2n) is 4.77. The number of hydrogen-bond acceptors (Lipinski definition) is 4. The molecule has 2 N–H and O–H groups in total. The maximum Gasteiger partial charge on any atom is 0.161 e. The first-order valence-corrected chi connectivity index (χ1v) is 6.47. The molecule has 0 saturated heterocycles. The van der Waals surface area contributed by atoms with Crippen LogP contribution in [0.2, 0.25) is 0 Å². The van der Waals surface area contributed by atoms with Gasteiger partial charge in [0, 0.05) is 13.0 Å². The molecule has 1 aromatic rings. The summed E-state index contributed by atoms with van der Waals surface area (Å²) in [6, 6.07) is 5.64. The van der Waals surface area contributed by atoms with Crippen molar-refractivity contribution in [2.75, 3.05) is 26.3 Å². The molecule has 0 amide bonds. The Morgan fingerprint density at radius 2 is 2.00 bits per heavy atom. The Labute approximate surface area is 108 Å². The van der Waals surface area contributed by atoms with Crippen LogP contribution in [0.3, 0.4) is 0 Å². The fraction of sp³-hybridized carbons (Fsp3) is 0.571. The highest BCUT2D eigenvalue weighted by Gasteiger charge is 2.24. The van der Waals surface area contributed by atoms with Crippen LogP contribution in [-0.2, 0) is 5.60 Å². The van der Waals surface area contributed by atoms with Gasteiger partial charge >= 0.3 is 0 Å². The smallest absolute Gasteiger partial charge is 0.161 e. The van der Waals surface area contributed by atoms with E-state index in [0.717, 1.165) is 30.0 Å². The second-order valence-corrected chi connectivity index (χ2v) is 4.77. The minimum Gasteiger partial charge on any atom is -0.490 e. The Kier molecular flexibility index (Phi) is 4.09. The molecule has 1 atom stereocenters. The van der Waals surface area contributed by atoms with Crippen LogP contribution in [0.15, 0.2) is 18.2 Å². The monoisotopic (exact) mass is 251 g/mol. The first-order valence-electron chi connectivity index (χ1n) is 6.47. The summed E-state index contributed by atoms with van der Waals surface area (Å²) >= 11 is 0. The maximum absolute atomic E-state index is 10.4. The summed E-state index contributed by atoms with van der Waals surface area (Å²) in [6.45, 7) is 6.51. The quantitative estimate of drug-likeness (QED) is 0.854. The van der Waals surface area contributed by atoms with Crippen LogP contribution in [-0.4, -0.2) is 31.4 Å². The van der Waals surface area contributed by atoms with Crippen molar-refractivity contribution in [2.24, 2.45) is 0 Å². The number of ether oxygens (including phenoxy) is 2. The molecule has 0 radical (unpaired) electrons. The predicted molar refractivity (Wildman–Crippen MR) is 70.2 cm³/mol. The predicted octanol–water partition coefficient (Wildman–Crippen LogP) is 1.66. The molecule has 1 unspecified atom stereocenters. The van der Waals surface area contributed by atoms with E-state index >= 15 is 0 Å². The van der Waals surface area contributed by atoms with E-state index in [-0.39, 0.29) is 0 Å². The number of benzene rings is 1. The first-order chi connectivity index (χ1) is 8.63. The van der Waals surface area contributed by atoms with Gasteiger partial charge < -0.3 is 19.9 Å². The lowest BCUT2D eigenvalue weighted by Crippen LogP contribution is -2.35. The summed E-state index contributed by atoms with van der Waals surface area (Å²) in [6.07, 6.45) is 0.887. The van der Waals surface area contributed by atoms with Crippen molar-refractivity contribution in [2.45, 2.75) is 25.9 Å². The van der Waals surface area contributed by atoms with Crippen molar-refractivity contribution in [3.05, 3.63) is 23.8 Å². The van der Waals surface area contributed by atoms with Crippen molar-refractivity contribution in [3.8, 4) is 11.5 Å². The lowest BCUT2D eigenvalue weighted by Gasteiger charge is -2.25. The number of fused-ring (bicyclic) bond motifs is 1. The van der Waals surface area contributed by atoms with E-state index < -0.39 is 5.60 Å². The van der Waals surface area contributed by atoms with Crippen LogP contribution in [0.4, 0.5) is 0 Å². The van der Waals surface area contributed by atoms with Gasteiger partial charge in [0.15, 0.2) is 11.5 Å². The molecule has 4 heteroatoms. The summed E-state index contributed by atoms with van der Waals surface area (Å²) in [5.41, 5.74) is -0.0616. The highest BCUT2D eigenvalue weighted by molar-refractivity contribution is 5.45. The molecule has 0 fully saturated rings. The zero-order valence-electron chi connectivity index (χ0n) is 11.0. The van der Waals surface area contributed by atoms with Gasteiger partial charge in [-0.1, -0.05) is 13.0 Å². The van der Waals surface area contributed by atoms with E-state index in [4.69, 9.17) is 9.47 Å². The number of rotatable bonds is 4. The Hall–Kier alpha value is -1.26. The Balaban J connectivity index is 2.21. The molecule has 1 aliphatic rings. The molecule has 4 nitrogen and oxygen atoms in total. The standard InChI is InChI=1S/C14H21NO3/c1-3-15-10-14(2,16)11-5-6-12-13(9-11)18-8-4-7-17-12/h5-6,9,15-16H,3-4,7-8,10H2,1-2H3.